The van der Waals surface area contributed by atoms with Crippen molar-refractivity contribution in [3.8, 4) is 0 Å². The first kappa shape index (κ1) is 12.8. The third-order valence-electron chi connectivity index (χ3n) is 1.47. The molecule has 0 fully saturated rings. The van der Waals surface area contributed by atoms with Crippen molar-refractivity contribution in [2.45, 2.75) is 6.42 Å². The molecule has 0 unspecified atom stereocenters. The second kappa shape index (κ2) is 6.32. The maximum absolute atomic E-state index is 11.0. The van der Waals surface area contributed by atoms with Crippen molar-refractivity contribution in [2.75, 3.05) is 0 Å². The van der Waals surface area contributed by atoms with E-state index in [1.165, 1.54) is 0 Å². The van der Waals surface area contributed by atoms with E-state index in [1.54, 1.807) is 12.1 Å². The molecule has 0 atom stereocenters. The molecule has 1 aromatic carbocycles. The number of benzene rings is 1. The summed E-state index contributed by atoms with van der Waals surface area (Å²) < 4.78 is 0. The van der Waals surface area contributed by atoms with Crippen LogP contribution in [0.15, 0.2) is 30.3 Å². The molecule has 0 aliphatic heterocycles. The zero-order valence-electron chi connectivity index (χ0n) is 7.30. The van der Waals surface area contributed by atoms with Gasteiger partial charge in [-0.25, -0.2) is 4.79 Å². The molecule has 0 bridgehead atoms. The van der Waals surface area contributed by atoms with Gasteiger partial charge in [-0.05, 0) is 5.56 Å². The van der Waals surface area contributed by atoms with Gasteiger partial charge in [0.1, 0.15) is 0 Å². The Morgan fingerprint density at radius 2 is 1.79 bits per heavy atom. The Bertz CT molecular complexity index is 314. The van der Waals surface area contributed by atoms with E-state index < -0.39 is 11.9 Å². The van der Waals surface area contributed by atoms with Crippen LogP contribution in [-0.2, 0) is 32.3 Å². The molecule has 78 valence electrons. The molecule has 1 rings (SSSR count). The van der Waals surface area contributed by atoms with E-state index in [2.05, 4.69) is 0 Å². The fourth-order valence-corrected chi connectivity index (χ4v) is 0.963. The van der Waals surface area contributed by atoms with Crippen LogP contribution in [0.4, 0.5) is 4.79 Å². The average Bonchev–Trinajstić information content (AvgIpc) is 2.04. The fraction of sp³-hybridized carbons (Fsp3) is 0.111. The largest absolute Gasteiger partial charge is 0.351 e. The van der Waals surface area contributed by atoms with Crippen LogP contribution in [0.5, 0.6) is 0 Å². The van der Waals surface area contributed by atoms with Crippen LogP contribution in [0.1, 0.15) is 5.56 Å². The fourth-order valence-electron chi connectivity index (χ4n) is 0.963. The van der Waals surface area contributed by atoms with E-state index in [1.807, 2.05) is 23.5 Å². The topological polar surface area (TPSA) is 72.2 Å². The molecule has 4 nitrogen and oxygen atoms in total. The Balaban J connectivity index is 0.00000169. The molecule has 14 heavy (non-hydrogen) atoms. The quantitative estimate of drug-likeness (QED) is 0.789. The van der Waals surface area contributed by atoms with Crippen molar-refractivity contribution < 1.29 is 30.7 Å². The van der Waals surface area contributed by atoms with Crippen molar-refractivity contribution in [2.24, 2.45) is 5.73 Å². The van der Waals surface area contributed by atoms with E-state index in [9.17, 15) is 9.59 Å². The summed E-state index contributed by atoms with van der Waals surface area (Å²) in [4.78, 5) is 21.3. The number of carbonyl (C=O) groups excluding carboxylic acids is 2. The number of carbonyl (C=O) groups is 2. The molecule has 0 aliphatic carbocycles. The summed E-state index contributed by atoms with van der Waals surface area (Å²) in [5, 5.41) is 1.99. The van der Waals surface area contributed by atoms with Gasteiger partial charge in [0.2, 0.25) is 5.91 Å². The summed E-state index contributed by atoms with van der Waals surface area (Å²) in [5.74, 6) is -0.390. The Kier molecular flexibility index (Phi) is 5.80. The van der Waals surface area contributed by atoms with Gasteiger partial charge in [-0.15, -0.1) is 0 Å². The molecule has 0 aliphatic rings. The standard InChI is InChI=1S/C9H10N2O2.Pt/c10-9(13)11-8(12)6-7-4-2-1-3-5-7;/h1-5H,6H2,(H3,10,11,12,13);. The SMILES string of the molecule is NC(=O)NC(=O)Cc1ccccc1.[Pt]. The molecule has 5 heteroatoms. The van der Waals surface area contributed by atoms with Gasteiger partial charge in [-0.1, -0.05) is 30.3 Å². The molecule has 0 heterocycles. The normalized spacial score (nSPS) is 8.57. The predicted molar refractivity (Wildman–Crippen MR) is 47.9 cm³/mol. The van der Waals surface area contributed by atoms with Crippen LogP contribution in [0.3, 0.4) is 0 Å². The summed E-state index contributed by atoms with van der Waals surface area (Å²) in [6.07, 6.45) is 0.170. The number of hydrogen-bond donors (Lipinski definition) is 2. The summed E-state index contributed by atoms with van der Waals surface area (Å²) in [6, 6.07) is 8.30. The van der Waals surface area contributed by atoms with Crippen LogP contribution in [0.2, 0.25) is 0 Å². The van der Waals surface area contributed by atoms with Gasteiger partial charge in [0.15, 0.2) is 0 Å². The van der Waals surface area contributed by atoms with Crippen molar-refractivity contribution in [1.82, 2.24) is 5.32 Å². The van der Waals surface area contributed by atoms with Gasteiger partial charge in [-0.2, -0.15) is 0 Å². The molecular weight excluding hydrogens is 363 g/mol. The van der Waals surface area contributed by atoms with Gasteiger partial charge >= 0.3 is 6.03 Å². The first-order chi connectivity index (χ1) is 6.18. The Morgan fingerprint density at radius 1 is 1.21 bits per heavy atom. The van der Waals surface area contributed by atoms with Gasteiger partial charge in [0.05, 0.1) is 6.42 Å². The van der Waals surface area contributed by atoms with E-state index in [4.69, 9.17) is 5.73 Å². The summed E-state index contributed by atoms with van der Waals surface area (Å²) in [6.45, 7) is 0. The van der Waals surface area contributed by atoms with E-state index >= 15 is 0 Å². The number of nitrogens with one attached hydrogen (secondary N) is 1. The molecule has 0 aromatic heterocycles. The molecule has 1 aromatic rings. The maximum Gasteiger partial charge on any atom is 0.318 e. The first-order valence-electron chi connectivity index (χ1n) is 3.81. The third kappa shape index (κ3) is 4.77. The van der Waals surface area contributed by atoms with Crippen LogP contribution >= 0.6 is 0 Å². The van der Waals surface area contributed by atoms with Crippen molar-refractivity contribution in [1.29, 1.82) is 0 Å². The molecular formula is C9H10N2O2Pt. The average molecular weight is 373 g/mol. The number of amides is 3. The number of primary amides is 1. The Morgan fingerprint density at radius 3 is 2.29 bits per heavy atom. The summed E-state index contributed by atoms with van der Waals surface area (Å²) >= 11 is 0. The minimum Gasteiger partial charge on any atom is -0.351 e. The molecule has 3 N–H and O–H groups in total. The summed E-state index contributed by atoms with van der Waals surface area (Å²) in [5.41, 5.74) is 5.62. The number of hydrogen-bond acceptors (Lipinski definition) is 2. The van der Waals surface area contributed by atoms with E-state index in [0.717, 1.165) is 5.56 Å². The van der Waals surface area contributed by atoms with Crippen molar-refractivity contribution >= 4 is 11.9 Å². The number of urea groups is 1. The minimum atomic E-state index is -0.819. The Labute approximate surface area is 96.1 Å². The second-order valence-electron chi connectivity index (χ2n) is 2.57. The van der Waals surface area contributed by atoms with Crippen LogP contribution in [0, 0.1) is 0 Å². The molecule has 0 saturated carbocycles. The molecule has 3 amide bonds. The van der Waals surface area contributed by atoms with Gasteiger partial charge < -0.3 is 5.73 Å². The third-order valence-corrected chi connectivity index (χ3v) is 1.47. The first-order valence-corrected chi connectivity index (χ1v) is 3.81. The molecule has 0 spiro atoms. The zero-order chi connectivity index (χ0) is 9.68. The van der Waals surface area contributed by atoms with Crippen LogP contribution < -0.4 is 11.1 Å². The maximum atomic E-state index is 11.0. The summed E-state index contributed by atoms with van der Waals surface area (Å²) in [7, 11) is 0. The number of rotatable bonds is 2. The molecule has 0 saturated heterocycles. The van der Waals surface area contributed by atoms with Crippen molar-refractivity contribution in [3.05, 3.63) is 35.9 Å². The van der Waals surface area contributed by atoms with Gasteiger partial charge in [0.25, 0.3) is 0 Å². The number of nitrogens with two attached hydrogens (primary N) is 1. The molecule has 0 radical (unpaired) electrons. The predicted octanol–water partition coefficient (Wildman–Crippen LogP) is 0.421. The van der Waals surface area contributed by atoms with Gasteiger partial charge in [0, 0.05) is 21.1 Å². The smallest absolute Gasteiger partial charge is 0.318 e. The van der Waals surface area contributed by atoms with Gasteiger partial charge in [-0.3, -0.25) is 10.1 Å². The monoisotopic (exact) mass is 373 g/mol. The number of imide groups is 1. The second-order valence-corrected chi connectivity index (χ2v) is 2.57. The van der Waals surface area contributed by atoms with Crippen LogP contribution in [-0.4, -0.2) is 11.9 Å². The van der Waals surface area contributed by atoms with Crippen molar-refractivity contribution in [3.63, 3.8) is 0 Å². The Hall–Kier alpha value is -1.15. The van der Waals surface area contributed by atoms with Crippen LogP contribution in [0.25, 0.3) is 0 Å². The van der Waals surface area contributed by atoms with E-state index in [0.29, 0.717) is 0 Å². The minimum absolute atomic E-state index is 0. The zero-order valence-corrected chi connectivity index (χ0v) is 9.58. The van der Waals surface area contributed by atoms with E-state index in [-0.39, 0.29) is 27.5 Å².